The second-order valence-corrected chi connectivity index (χ2v) is 8.50. The van der Waals surface area contributed by atoms with Crippen molar-refractivity contribution in [3.63, 3.8) is 0 Å². The van der Waals surface area contributed by atoms with E-state index in [1.807, 2.05) is 6.92 Å². The number of amides is 1. The second kappa shape index (κ2) is 8.36. The third-order valence-corrected chi connectivity index (χ3v) is 5.86. The van der Waals surface area contributed by atoms with Gasteiger partial charge in [0.05, 0.1) is 10.9 Å². The summed E-state index contributed by atoms with van der Waals surface area (Å²) in [6.07, 6.45) is 0.290. The SMILES string of the molecule is CC1NNC(c2ccc(F)cc2)C1CC(=O)NCc1ccc(S(N)(=O)=O)cc1. The first kappa shape index (κ1) is 20.4. The number of nitrogens with two attached hydrogens (primary N) is 1. The van der Waals surface area contributed by atoms with Crippen LogP contribution < -0.4 is 21.3 Å². The Labute approximate surface area is 163 Å². The molecule has 1 amide bonds. The summed E-state index contributed by atoms with van der Waals surface area (Å²) in [6, 6.07) is 12.2. The summed E-state index contributed by atoms with van der Waals surface area (Å²) < 4.78 is 35.7. The summed E-state index contributed by atoms with van der Waals surface area (Å²) in [5, 5.41) is 7.92. The van der Waals surface area contributed by atoms with Crippen molar-refractivity contribution in [2.24, 2.45) is 11.1 Å². The maximum absolute atomic E-state index is 13.2. The molecule has 0 aromatic heterocycles. The summed E-state index contributed by atoms with van der Waals surface area (Å²) in [6.45, 7) is 2.27. The molecule has 28 heavy (non-hydrogen) atoms. The van der Waals surface area contributed by atoms with Crippen molar-refractivity contribution in [1.82, 2.24) is 16.2 Å². The number of hydrazine groups is 1. The van der Waals surface area contributed by atoms with E-state index in [4.69, 9.17) is 5.14 Å². The molecular weight excluding hydrogens is 383 g/mol. The third kappa shape index (κ3) is 4.93. The third-order valence-electron chi connectivity index (χ3n) is 4.93. The van der Waals surface area contributed by atoms with Crippen LogP contribution in [0.25, 0.3) is 0 Å². The molecule has 3 unspecified atom stereocenters. The molecule has 3 atom stereocenters. The first-order valence-corrected chi connectivity index (χ1v) is 10.4. The standard InChI is InChI=1S/C19H23FN4O3S/c1-12-17(19(24-23-12)14-4-6-15(20)7-5-14)10-18(25)22-11-13-2-8-16(9-3-13)28(21,26)27/h2-9,12,17,19,23-24H,10-11H2,1H3,(H,22,25)(H2,21,26,27). The van der Waals surface area contributed by atoms with Crippen LogP contribution in [0.5, 0.6) is 0 Å². The van der Waals surface area contributed by atoms with Gasteiger partial charge in [-0.3, -0.25) is 10.2 Å². The highest BCUT2D eigenvalue weighted by molar-refractivity contribution is 7.89. The molecule has 9 heteroatoms. The minimum Gasteiger partial charge on any atom is -0.352 e. The van der Waals surface area contributed by atoms with Gasteiger partial charge in [-0.25, -0.2) is 23.4 Å². The minimum atomic E-state index is -3.73. The van der Waals surface area contributed by atoms with Crippen LogP contribution in [0.4, 0.5) is 4.39 Å². The highest BCUT2D eigenvalue weighted by atomic mass is 32.2. The van der Waals surface area contributed by atoms with E-state index in [1.54, 1.807) is 24.3 Å². The van der Waals surface area contributed by atoms with Crippen LogP contribution in [-0.2, 0) is 21.4 Å². The maximum Gasteiger partial charge on any atom is 0.238 e. The fraction of sp³-hybridized carbons (Fsp3) is 0.316. The van der Waals surface area contributed by atoms with Gasteiger partial charge in [-0.2, -0.15) is 0 Å². The monoisotopic (exact) mass is 406 g/mol. The minimum absolute atomic E-state index is 0.00443. The number of hydrogen-bond acceptors (Lipinski definition) is 5. The van der Waals surface area contributed by atoms with Crippen molar-refractivity contribution in [3.8, 4) is 0 Å². The predicted molar refractivity (Wildman–Crippen MR) is 103 cm³/mol. The predicted octanol–water partition coefficient (Wildman–Crippen LogP) is 1.33. The molecule has 1 heterocycles. The maximum atomic E-state index is 13.2. The van der Waals surface area contributed by atoms with Gasteiger partial charge in [0.25, 0.3) is 0 Å². The van der Waals surface area contributed by atoms with Crippen LogP contribution >= 0.6 is 0 Å². The molecule has 1 fully saturated rings. The van der Waals surface area contributed by atoms with Crippen molar-refractivity contribution >= 4 is 15.9 Å². The number of carbonyl (C=O) groups excluding carboxylic acids is 1. The Morgan fingerprint density at radius 2 is 1.75 bits per heavy atom. The Morgan fingerprint density at radius 3 is 2.36 bits per heavy atom. The average Bonchev–Trinajstić information content (AvgIpc) is 3.01. The molecule has 1 aliphatic rings. The number of hydrogen-bond donors (Lipinski definition) is 4. The van der Waals surface area contributed by atoms with Crippen molar-refractivity contribution < 1.29 is 17.6 Å². The van der Waals surface area contributed by atoms with Gasteiger partial charge in [-0.1, -0.05) is 24.3 Å². The summed E-state index contributed by atoms with van der Waals surface area (Å²) in [5.74, 6) is -0.425. The van der Waals surface area contributed by atoms with E-state index < -0.39 is 10.0 Å². The number of carbonyl (C=O) groups is 1. The molecule has 5 N–H and O–H groups in total. The van der Waals surface area contributed by atoms with Crippen LogP contribution in [0.3, 0.4) is 0 Å². The molecule has 0 saturated carbocycles. The van der Waals surface area contributed by atoms with Gasteiger partial charge in [0.1, 0.15) is 5.82 Å². The number of nitrogens with one attached hydrogen (secondary N) is 3. The fourth-order valence-corrected chi connectivity index (χ4v) is 3.82. The van der Waals surface area contributed by atoms with Gasteiger partial charge >= 0.3 is 0 Å². The molecule has 1 aliphatic heterocycles. The summed E-state index contributed by atoms with van der Waals surface area (Å²) in [4.78, 5) is 12.5. The smallest absolute Gasteiger partial charge is 0.238 e. The second-order valence-electron chi connectivity index (χ2n) is 6.94. The molecule has 2 aromatic carbocycles. The number of sulfonamides is 1. The Kier molecular flexibility index (Phi) is 6.09. The lowest BCUT2D eigenvalue weighted by Gasteiger charge is -2.21. The lowest BCUT2D eigenvalue weighted by atomic mass is 9.87. The Bertz CT molecular complexity index is 933. The van der Waals surface area contributed by atoms with E-state index >= 15 is 0 Å². The fourth-order valence-electron chi connectivity index (χ4n) is 3.30. The molecule has 0 bridgehead atoms. The van der Waals surface area contributed by atoms with Crippen LogP contribution in [0.1, 0.15) is 30.5 Å². The Morgan fingerprint density at radius 1 is 1.11 bits per heavy atom. The van der Waals surface area contributed by atoms with Crippen LogP contribution in [0, 0.1) is 11.7 Å². The van der Waals surface area contributed by atoms with Crippen molar-refractivity contribution in [2.45, 2.75) is 36.9 Å². The number of benzene rings is 2. The molecule has 0 spiro atoms. The highest BCUT2D eigenvalue weighted by Crippen LogP contribution is 2.31. The average molecular weight is 406 g/mol. The molecule has 0 radical (unpaired) electrons. The first-order chi connectivity index (χ1) is 13.2. The number of primary sulfonamides is 1. The summed E-state index contributed by atoms with van der Waals surface area (Å²) >= 11 is 0. The molecule has 1 saturated heterocycles. The zero-order valence-electron chi connectivity index (χ0n) is 15.4. The van der Waals surface area contributed by atoms with E-state index in [-0.39, 0.29) is 41.2 Å². The van der Waals surface area contributed by atoms with E-state index in [9.17, 15) is 17.6 Å². The van der Waals surface area contributed by atoms with E-state index in [0.717, 1.165) is 11.1 Å². The molecule has 0 aliphatic carbocycles. The molecule has 2 aromatic rings. The quantitative estimate of drug-likeness (QED) is 0.578. The highest BCUT2D eigenvalue weighted by Gasteiger charge is 2.35. The van der Waals surface area contributed by atoms with Gasteiger partial charge in [0.2, 0.25) is 15.9 Å². The summed E-state index contributed by atoms with van der Waals surface area (Å²) in [7, 11) is -3.73. The number of rotatable bonds is 6. The van der Waals surface area contributed by atoms with Crippen LogP contribution in [0.15, 0.2) is 53.4 Å². The Hall–Kier alpha value is -2.33. The zero-order chi connectivity index (χ0) is 20.3. The van der Waals surface area contributed by atoms with Gasteiger partial charge in [-0.15, -0.1) is 0 Å². The normalized spacial score (nSPS) is 22.2. The van der Waals surface area contributed by atoms with Crippen molar-refractivity contribution in [3.05, 3.63) is 65.5 Å². The number of halogens is 1. The van der Waals surface area contributed by atoms with Gasteiger partial charge in [0, 0.05) is 24.9 Å². The Balaban J connectivity index is 1.59. The largest absolute Gasteiger partial charge is 0.352 e. The van der Waals surface area contributed by atoms with Crippen LogP contribution in [0.2, 0.25) is 0 Å². The molecule has 7 nitrogen and oxygen atoms in total. The van der Waals surface area contributed by atoms with Gasteiger partial charge < -0.3 is 5.32 Å². The lowest BCUT2D eigenvalue weighted by Crippen LogP contribution is -2.31. The van der Waals surface area contributed by atoms with E-state index in [1.165, 1.54) is 24.3 Å². The van der Waals surface area contributed by atoms with Crippen molar-refractivity contribution in [2.75, 3.05) is 0 Å². The van der Waals surface area contributed by atoms with Gasteiger partial charge in [-0.05, 0) is 42.3 Å². The first-order valence-electron chi connectivity index (χ1n) is 8.89. The molecule has 150 valence electrons. The summed E-state index contributed by atoms with van der Waals surface area (Å²) in [5.41, 5.74) is 7.99. The van der Waals surface area contributed by atoms with Gasteiger partial charge in [0.15, 0.2) is 0 Å². The molecular formula is C19H23FN4O3S. The topological polar surface area (TPSA) is 113 Å². The van der Waals surface area contributed by atoms with Crippen molar-refractivity contribution in [1.29, 1.82) is 0 Å². The lowest BCUT2D eigenvalue weighted by molar-refractivity contribution is -0.122. The molecule has 3 rings (SSSR count). The zero-order valence-corrected chi connectivity index (χ0v) is 16.2. The van der Waals surface area contributed by atoms with Crippen LogP contribution in [-0.4, -0.2) is 20.4 Å². The van der Waals surface area contributed by atoms with E-state index in [0.29, 0.717) is 6.42 Å². The van der Waals surface area contributed by atoms with E-state index in [2.05, 4.69) is 16.2 Å².